The van der Waals surface area contributed by atoms with Gasteiger partial charge in [-0.2, -0.15) is 0 Å². The number of amides is 1. The fourth-order valence-electron chi connectivity index (χ4n) is 2.35. The molecule has 1 amide bonds. The van der Waals surface area contributed by atoms with Gasteiger partial charge in [-0.05, 0) is 36.9 Å². The summed E-state index contributed by atoms with van der Waals surface area (Å²) in [5.74, 6) is -0.375. The van der Waals surface area contributed by atoms with Gasteiger partial charge in [-0.15, -0.1) is 0 Å². The SMILES string of the molecule is CCOCCN1C(=O)/C(=C/c2ccc([N+](=O)[O-])o2)SC1=Nc1ccccc1. The zero-order valence-electron chi connectivity index (χ0n) is 14.5. The van der Waals surface area contributed by atoms with E-state index in [0.29, 0.717) is 29.8 Å². The Kier molecular flexibility index (Phi) is 6.05. The van der Waals surface area contributed by atoms with Crippen molar-refractivity contribution < 1.29 is 18.9 Å². The van der Waals surface area contributed by atoms with Crippen LogP contribution in [0.3, 0.4) is 0 Å². The van der Waals surface area contributed by atoms with Gasteiger partial charge in [0.05, 0.1) is 29.8 Å². The highest BCUT2D eigenvalue weighted by molar-refractivity contribution is 8.18. The monoisotopic (exact) mass is 387 g/mol. The van der Waals surface area contributed by atoms with E-state index in [9.17, 15) is 14.9 Å². The van der Waals surface area contributed by atoms with E-state index in [-0.39, 0.29) is 17.6 Å². The van der Waals surface area contributed by atoms with Crippen LogP contribution < -0.4 is 0 Å². The Morgan fingerprint density at radius 3 is 2.74 bits per heavy atom. The molecular formula is C18H17N3O5S. The molecular weight excluding hydrogens is 370 g/mol. The first-order valence-electron chi connectivity index (χ1n) is 8.25. The molecule has 1 aromatic heterocycles. The molecule has 0 atom stereocenters. The molecule has 1 aliphatic heterocycles. The van der Waals surface area contributed by atoms with Crippen molar-refractivity contribution in [1.29, 1.82) is 0 Å². The molecule has 27 heavy (non-hydrogen) atoms. The summed E-state index contributed by atoms with van der Waals surface area (Å²) in [6.45, 7) is 3.19. The molecule has 2 heterocycles. The van der Waals surface area contributed by atoms with Crippen molar-refractivity contribution in [3.05, 3.63) is 63.2 Å². The number of hydrogen-bond acceptors (Lipinski definition) is 7. The molecule has 140 valence electrons. The highest BCUT2D eigenvalue weighted by atomic mass is 32.2. The van der Waals surface area contributed by atoms with E-state index in [0.717, 1.165) is 5.69 Å². The first-order chi connectivity index (χ1) is 13.1. The van der Waals surface area contributed by atoms with E-state index in [1.807, 2.05) is 37.3 Å². The van der Waals surface area contributed by atoms with Crippen LogP contribution in [0.1, 0.15) is 12.7 Å². The Labute approximate surface area is 159 Å². The van der Waals surface area contributed by atoms with Crippen LogP contribution in [0.4, 0.5) is 11.6 Å². The van der Waals surface area contributed by atoms with Gasteiger partial charge in [0.1, 0.15) is 10.7 Å². The normalized spacial score (nSPS) is 17.2. The average Bonchev–Trinajstić information content (AvgIpc) is 3.23. The molecule has 0 unspecified atom stereocenters. The van der Waals surface area contributed by atoms with E-state index in [4.69, 9.17) is 9.15 Å². The number of carbonyl (C=O) groups is 1. The minimum absolute atomic E-state index is 0.239. The minimum Gasteiger partial charge on any atom is -0.401 e. The van der Waals surface area contributed by atoms with Gasteiger partial charge >= 0.3 is 5.88 Å². The van der Waals surface area contributed by atoms with Gasteiger partial charge in [-0.25, -0.2) is 4.99 Å². The molecule has 1 fully saturated rings. The number of aliphatic imine (C=N–C) groups is 1. The first kappa shape index (κ1) is 18.9. The third-order valence-corrected chi connectivity index (χ3v) is 4.60. The second kappa shape index (κ2) is 8.65. The van der Waals surface area contributed by atoms with Crippen molar-refractivity contribution in [1.82, 2.24) is 4.90 Å². The molecule has 1 aliphatic rings. The zero-order chi connectivity index (χ0) is 19.2. The predicted octanol–water partition coefficient (Wildman–Crippen LogP) is 3.83. The van der Waals surface area contributed by atoms with Crippen molar-refractivity contribution in [2.75, 3.05) is 19.8 Å². The molecule has 9 heteroatoms. The number of amidine groups is 1. The third kappa shape index (κ3) is 4.63. The van der Waals surface area contributed by atoms with Crippen molar-refractivity contribution >= 4 is 40.5 Å². The lowest BCUT2D eigenvalue weighted by Gasteiger charge is -2.15. The van der Waals surface area contributed by atoms with Gasteiger partial charge in [0.25, 0.3) is 5.91 Å². The van der Waals surface area contributed by atoms with Gasteiger partial charge in [0, 0.05) is 12.7 Å². The Morgan fingerprint density at radius 2 is 2.07 bits per heavy atom. The van der Waals surface area contributed by atoms with Crippen molar-refractivity contribution in [2.45, 2.75) is 6.92 Å². The molecule has 0 saturated carbocycles. The summed E-state index contributed by atoms with van der Waals surface area (Å²) in [4.78, 5) is 29.4. The van der Waals surface area contributed by atoms with Gasteiger partial charge in [0.15, 0.2) is 5.17 Å². The number of carbonyl (C=O) groups excluding carboxylic acids is 1. The molecule has 3 rings (SSSR count). The number of nitrogens with zero attached hydrogens (tertiary/aromatic N) is 3. The molecule has 0 aliphatic carbocycles. The molecule has 2 aromatic rings. The fourth-order valence-corrected chi connectivity index (χ4v) is 3.35. The topological polar surface area (TPSA) is 98.2 Å². The number of hydrogen-bond donors (Lipinski definition) is 0. The summed E-state index contributed by atoms with van der Waals surface area (Å²) in [5.41, 5.74) is 0.726. The predicted molar refractivity (Wildman–Crippen MR) is 103 cm³/mol. The maximum absolute atomic E-state index is 12.8. The quantitative estimate of drug-likeness (QED) is 0.310. The van der Waals surface area contributed by atoms with Crippen LogP contribution in [-0.2, 0) is 9.53 Å². The van der Waals surface area contributed by atoms with Crippen LogP contribution in [0.2, 0.25) is 0 Å². The Hall–Kier alpha value is -2.91. The highest BCUT2D eigenvalue weighted by Gasteiger charge is 2.33. The van der Waals surface area contributed by atoms with E-state index in [1.165, 1.54) is 34.9 Å². The minimum atomic E-state index is -0.623. The molecule has 1 aromatic carbocycles. The maximum atomic E-state index is 12.8. The standard InChI is InChI=1S/C18H17N3O5S/c1-2-25-11-10-20-17(22)15(12-14-8-9-16(26-14)21(23)24)27-18(20)19-13-6-4-3-5-7-13/h3-9,12H,2,10-11H2,1H3/b15-12-,19-18?. The Bertz CT molecular complexity index is 891. The third-order valence-electron chi connectivity index (χ3n) is 3.60. The first-order valence-corrected chi connectivity index (χ1v) is 9.07. The van der Waals surface area contributed by atoms with Gasteiger partial charge in [-0.3, -0.25) is 19.8 Å². The summed E-state index contributed by atoms with van der Waals surface area (Å²) < 4.78 is 10.5. The number of para-hydroxylation sites is 1. The van der Waals surface area contributed by atoms with Gasteiger partial charge in [-0.1, -0.05) is 18.2 Å². The van der Waals surface area contributed by atoms with E-state index in [1.54, 1.807) is 0 Å². The van der Waals surface area contributed by atoms with Crippen LogP contribution in [0, 0.1) is 10.1 Å². The summed E-state index contributed by atoms with van der Waals surface area (Å²) >= 11 is 1.19. The number of benzene rings is 1. The molecule has 1 saturated heterocycles. The average molecular weight is 387 g/mol. The maximum Gasteiger partial charge on any atom is 0.433 e. The van der Waals surface area contributed by atoms with Crippen molar-refractivity contribution in [3.8, 4) is 0 Å². The van der Waals surface area contributed by atoms with Crippen molar-refractivity contribution in [2.24, 2.45) is 4.99 Å². The van der Waals surface area contributed by atoms with Gasteiger partial charge in [0.2, 0.25) is 0 Å². The van der Waals surface area contributed by atoms with Crippen LogP contribution in [0.25, 0.3) is 6.08 Å². The summed E-state index contributed by atoms with van der Waals surface area (Å²) in [5, 5.41) is 11.3. The van der Waals surface area contributed by atoms with E-state index < -0.39 is 4.92 Å². The fraction of sp³-hybridized carbons (Fsp3) is 0.222. The van der Waals surface area contributed by atoms with E-state index >= 15 is 0 Å². The number of rotatable bonds is 7. The smallest absolute Gasteiger partial charge is 0.401 e. The summed E-state index contributed by atoms with van der Waals surface area (Å²) in [6, 6.07) is 12.0. The second-order valence-electron chi connectivity index (χ2n) is 5.43. The lowest BCUT2D eigenvalue weighted by Crippen LogP contribution is -2.32. The largest absolute Gasteiger partial charge is 0.433 e. The lowest BCUT2D eigenvalue weighted by molar-refractivity contribution is -0.402. The van der Waals surface area contributed by atoms with Crippen LogP contribution in [-0.4, -0.2) is 40.7 Å². The van der Waals surface area contributed by atoms with Crippen LogP contribution >= 0.6 is 11.8 Å². The zero-order valence-corrected chi connectivity index (χ0v) is 15.3. The molecule has 0 spiro atoms. The van der Waals surface area contributed by atoms with Crippen LogP contribution in [0.15, 0.2) is 56.8 Å². The van der Waals surface area contributed by atoms with Crippen LogP contribution in [0.5, 0.6) is 0 Å². The van der Waals surface area contributed by atoms with Crippen molar-refractivity contribution in [3.63, 3.8) is 0 Å². The Morgan fingerprint density at radius 1 is 1.30 bits per heavy atom. The summed E-state index contributed by atoms with van der Waals surface area (Å²) in [6.07, 6.45) is 1.49. The molecule has 0 bridgehead atoms. The number of thioether (sulfide) groups is 1. The lowest BCUT2D eigenvalue weighted by atomic mass is 10.3. The number of nitro groups is 1. The highest BCUT2D eigenvalue weighted by Crippen LogP contribution is 2.34. The molecule has 0 radical (unpaired) electrons. The number of ether oxygens (including phenoxy) is 1. The van der Waals surface area contributed by atoms with Gasteiger partial charge < -0.3 is 9.15 Å². The second-order valence-corrected chi connectivity index (χ2v) is 6.44. The van der Waals surface area contributed by atoms with E-state index in [2.05, 4.69) is 4.99 Å². The molecule has 8 nitrogen and oxygen atoms in total. The Balaban J connectivity index is 1.87. The summed E-state index contributed by atoms with van der Waals surface area (Å²) in [7, 11) is 0. The molecule has 0 N–H and O–H groups in total. The number of furan rings is 1.